The van der Waals surface area contributed by atoms with Crippen molar-refractivity contribution >= 4 is 13.4 Å². The minimum absolute atomic E-state index is 0.449. The standard InChI is InChI=1S/2C5H11N/c2*1-4-5(2)6-3/h2*5H,3-4H2,1-2H3/t2*5-/m10/s1. The van der Waals surface area contributed by atoms with Crippen molar-refractivity contribution in [1.82, 2.24) is 0 Å². The fraction of sp³-hybridized carbons (Fsp3) is 0.800. The molecule has 0 rings (SSSR count). The first-order valence-corrected chi connectivity index (χ1v) is 4.53. The second-order valence-corrected chi connectivity index (χ2v) is 2.88. The Morgan fingerprint density at radius 2 is 1.17 bits per heavy atom. The SMILES string of the molecule is C=N[C@@H](C)CC.C=N[C@H](C)CC. The van der Waals surface area contributed by atoms with Gasteiger partial charge < -0.3 is 0 Å². The van der Waals surface area contributed by atoms with Crippen LogP contribution in [0.4, 0.5) is 0 Å². The zero-order chi connectivity index (χ0) is 9.98. The number of hydrogen-bond donors (Lipinski definition) is 0. The highest BCUT2D eigenvalue weighted by Crippen LogP contribution is 1.90. The predicted molar refractivity (Wildman–Crippen MR) is 58.6 cm³/mol. The van der Waals surface area contributed by atoms with Crippen LogP contribution < -0.4 is 0 Å². The zero-order valence-electron chi connectivity index (χ0n) is 8.88. The highest BCUT2D eigenvalue weighted by Gasteiger charge is 1.85. The zero-order valence-corrected chi connectivity index (χ0v) is 8.88. The van der Waals surface area contributed by atoms with Crippen LogP contribution in [0.3, 0.4) is 0 Å². The third-order valence-corrected chi connectivity index (χ3v) is 1.80. The van der Waals surface area contributed by atoms with Gasteiger partial charge in [-0.3, -0.25) is 9.98 Å². The van der Waals surface area contributed by atoms with Crippen molar-refractivity contribution in [3.63, 3.8) is 0 Å². The van der Waals surface area contributed by atoms with Gasteiger partial charge in [0, 0.05) is 12.1 Å². The number of aliphatic imine (C=N–C) groups is 2. The van der Waals surface area contributed by atoms with Gasteiger partial charge in [-0.15, -0.1) is 0 Å². The molecule has 0 bridgehead atoms. The van der Waals surface area contributed by atoms with Crippen molar-refractivity contribution in [3.8, 4) is 0 Å². The smallest absolute Gasteiger partial charge is 0.0461 e. The van der Waals surface area contributed by atoms with Crippen molar-refractivity contribution in [2.24, 2.45) is 9.98 Å². The topological polar surface area (TPSA) is 24.7 Å². The second-order valence-electron chi connectivity index (χ2n) is 2.88. The van der Waals surface area contributed by atoms with Crippen LogP contribution >= 0.6 is 0 Å². The molecule has 2 nitrogen and oxygen atoms in total. The van der Waals surface area contributed by atoms with Crippen LogP contribution in [-0.4, -0.2) is 25.5 Å². The lowest BCUT2D eigenvalue weighted by Crippen LogP contribution is -1.90. The molecule has 0 aliphatic rings. The van der Waals surface area contributed by atoms with Crippen LogP contribution in [-0.2, 0) is 0 Å². The molecule has 72 valence electrons. The summed E-state index contributed by atoms with van der Waals surface area (Å²) in [6.45, 7) is 15.1. The lowest BCUT2D eigenvalue weighted by atomic mass is 10.3. The molecule has 0 N–H and O–H groups in total. The molecule has 2 atom stereocenters. The van der Waals surface area contributed by atoms with Gasteiger partial charge in [0.1, 0.15) is 0 Å². The summed E-state index contributed by atoms with van der Waals surface area (Å²) in [7, 11) is 0. The highest BCUT2D eigenvalue weighted by molar-refractivity contribution is 5.24. The summed E-state index contributed by atoms with van der Waals surface area (Å²) >= 11 is 0. The number of hydrogen-bond acceptors (Lipinski definition) is 2. The summed E-state index contributed by atoms with van der Waals surface area (Å²) in [4.78, 5) is 7.51. The molecule has 0 aromatic carbocycles. The van der Waals surface area contributed by atoms with E-state index in [1.807, 2.05) is 13.8 Å². The first-order chi connectivity index (χ1) is 5.62. The molecular weight excluding hydrogens is 148 g/mol. The minimum atomic E-state index is 0.449. The summed E-state index contributed by atoms with van der Waals surface area (Å²) in [6.07, 6.45) is 2.20. The third kappa shape index (κ3) is 12.1. The molecule has 0 amide bonds. The Balaban J connectivity index is 0. The Hall–Kier alpha value is -0.660. The van der Waals surface area contributed by atoms with Gasteiger partial charge in [-0.05, 0) is 40.1 Å². The maximum Gasteiger partial charge on any atom is 0.0461 e. The first kappa shape index (κ1) is 13.9. The Bertz CT molecular complexity index is 96.4. The first-order valence-electron chi connectivity index (χ1n) is 4.53. The molecule has 2 heteroatoms. The van der Waals surface area contributed by atoms with Crippen molar-refractivity contribution < 1.29 is 0 Å². The highest BCUT2D eigenvalue weighted by atomic mass is 14.7. The minimum Gasteiger partial charge on any atom is -0.298 e. The van der Waals surface area contributed by atoms with Gasteiger partial charge in [0.05, 0.1) is 0 Å². The largest absolute Gasteiger partial charge is 0.298 e. The molecule has 0 radical (unpaired) electrons. The van der Waals surface area contributed by atoms with E-state index in [9.17, 15) is 0 Å². The monoisotopic (exact) mass is 170 g/mol. The number of rotatable bonds is 4. The molecule has 0 spiro atoms. The maximum atomic E-state index is 3.76. The van der Waals surface area contributed by atoms with E-state index in [1.165, 1.54) is 0 Å². The normalized spacial score (nSPS) is 13.7. The second kappa shape index (κ2) is 10.3. The van der Waals surface area contributed by atoms with E-state index in [4.69, 9.17) is 0 Å². The van der Waals surface area contributed by atoms with E-state index in [0.717, 1.165) is 12.8 Å². The van der Waals surface area contributed by atoms with Crippen LogP contribution in [0.25, 0.3) is 0 Å². The molecule has 0 aromatic rings. The van der Waals surface area contributed by atoms with E-state index in [0.29, 0.717) is 12.1 Å². The quantitative estimate of drug-likeness (QED) is 0.579. The van der Waals surface area contributed by atoms with Gasteiger partial charge in [0.15, 0.2) is 0 Å². The van der Waals surface area contributed by atoms with E-state index in [1.54, 1.807) is 0 Å². The summed E-state index contributed by atoms with van der Waals surface area (Å²) in [5.74, 6) is 0. The van der Waals surface area contributed by atoms with Gasteiger partial charge in [0.25, 0.3) is 0 Å². The van der Waals surface area contributed by atoms with Crippen LogP contribution in [0.2, 0.25) is 0 Å². The Morgan fingerprint density at radius 1 is 0.917 bits per heavy atom. The lowest BCUT2D eigenvalue weighted by Gasteiger charge is -1.94. The molecule has 0 saturated heterocycles. The summed E-state index contributed by atoms with van der Waals surface area (Å²) in [5, 5.41) is 0. The summed E-state index contributed by atoms with van der Waals surface area (Å²) < 4.78 is 0. The molecule has 0 aromatic heterocycles. The molecule has 0 saturated carbocycles. The predicted octanol–water partition coefficient (Wildman–Crippen LogP) is 2.97. The number of nitrogens with zero attached hydrogens (tertiary/aromatic N) is 2. The van der Waals surface area contributed by atoms with Crippen molar-refractivity contribution in [3.05, 3.63) is 0 Å². The third-order valence-electron chi connectivity index (χ3n) is 1.80. The van der Waals surface area contributed by atoms with Crippen LogP contribution in [0.5, 0.6) is 0 Å². The van der Waals surface area contributed by atoms with Gasteiger partial charge in [0.2, 0.25) is 0 Å². The molecule has 0 aliphatic heterocycles. The molecule has 0 heterocycles. The van der Waals surface area contributed by atoms with Crippen LogP contribution in [0.1, 0.15) is 40.5 Å². The fourth-order valence-corrected chi connectivity index (χ4v) is 0.258. The summed E-state index contributed by atoms with van der Waals surface area (Å²) in [6, 6.07) is 0.898. The fourth-order valence-electron chi connectivity index (χ4n) is 0.258. The van der Waals surface area contributed by atoms with Crippen molar-refractivity contribution in [2.45, 2.75) is 52.6 Å². The van der Waals surface area contributed by atoms with Crippen LogP contribution in [0, 0.1) is 0 Å². The Labute approximate surface area is 76.8 Å². The molecule has 0 aliphatic carbocycles. The average molecular weight is 170 g/mol. The Morgan fingerprint density at radius 3 is 1.17 bits per heavy atom. The van der Waals surface area contributed by atoms with Crippen molar-refractivity contribution in [2.75, 3.05) is 0 Å². The molecule has 12 heavy (non-hydrogen) atoms. The van der Waals surface area contributed by atoms with Crippen molar-refractivity contribution in [1.29, 1.82) is 0 Å². The lowest BCUT2D eigenvalue weighted by molar-refractivity contribution is 0.722. The molecular formula is C10H22N2. The Kier molecular flexibility index (Phi) is 12.0. The van der Waals surface area contributed by atoms with Crippen LogP contribution in [0.15, 0.2) is 9.98 Å². The van der Waals surface area contributed by atoms with Gasteiger partial charge in [-0.2, -0.15) is 0 Å². The maximum absolute atomic E-state index is 3.76. The van der Waals surface area contributed by atoms with E-state index >= 15 is 0 Å². The van der Waals surface area contributed by atoms with E-state index < -0.39 is 0 Å². The van der Waals surface area contributed by atoms with Gasteiger partial charge >= 0.3 is 0 Å². The van der Waals surface area contributed by atoms with E-state index in [-0.39, 0.29) is 0 Å². The molecule has 0 fully saturated rings. The van der Waals surface area contributed by atoms with Gasteiger partial charge in [-0.25, -0.2) is 0 Å². The van der Waals surface area contributed by atoms with E-state index in [2.05, 4.69) is 37.3 Å². The summed E-state index contributed by atoms with van der Waals surface area (Å²) in [5.41, 5.74) is 0. The van der Waals surface area contributed by atoms with Gasteiger partial charge in [-0.1, -0.05) is 13.8 Å². The molecule has 0 unspecified atom stereocenters. The average Bonchev–Trinajstić information content (AvgIpc) is 2.16.